The summed E-state index contributed by atoms with van der Waals surface area (Å²) in [4.78, 5) is 15.8. The number of aliphatic imine (C=N–C) groups is 1. The van der Waals surface area contributed by atoms with Crippen LogP contribution in [0.4, 0.5) is 0 Å². The minimum atomic E-state index is 0.0384. The smallest absolute Gasteiger partial charge is 0.222 e. The average Bonchev–Trinajstić information content (AvgIpc) is 2.34. The zero-order valence-electron chi connectivity index (χ0n) is 12.2. The van der Waals surface area contributed by atoms with Crippen LogP contribution < -0.4 is 16.0 Å². The summed E-state index contributed by atoms with van der Waals surface area (Å²) in [7, 11) is 0. The van der Waals surface area contributed by atoms with Crippen LogP contribution in [-0.2, 0) is 4.79 Å². The van der Waals surface area contributed by atoms with Crippen LogP contribution in [0.3, 0.4) is 0 Å². The Bertz CT molecular complexity index is 251. The van der Waals surface area contributed by atoms with E-state index >= 15 is 0 Å². The van der Waals surface area contributed by atoms with Gasteiger partial charge in [0.1, 0.15) is 0 Å². The van der Waals surface area contributed by atoms with Crippen molar-refractivity contribution in [2.24, 2.45) is 10.9 Å². The molecule has 1 amide bonds. The molecule has 0 saturated carbocycles. The van der Waals surface area contributed by atoms with Gasteiger partial charge < -0.3 is 16.0 Å². The molecule has 0 unspecified atom stereocenters. The van der Waals surface area contributed by atoms with Gasteiger partial charge in [-0.3, -0.25) is 9.79 Å². The maximum atomic E-state index is 11.3. The summed E-state index contributed by atoms with van der Waals surface area (Å²) in [6.07, 6.45) is 2.24. The first-order valence-corrected chi connectivity index (χ1v) is 6.91. The van der Waals surface area contributed by atoms with Gasteiger partial charge in [-0.2, -0.15) is 0 Å². The quantitative estimate of drug-likeness (QED) is 0.346. The maximum absolute atomic E-state index is 11.3. The molecule has 0 aliphatic rings. The van der Waals surface area contributed by atoms with E-state index in [1.807, 2.05) is 20.8 Å². The van der Waals surface area contributed by atoms with E-state index in [0.29, 0.717) is 13.1 Å². The molecule has 106 valence electrons. The SMILES string of the molecule is CCCCN=C(NCC)NCCNC(=O)C(C)C. The van der Waals surface area contributed by atoms with Crippen molar-refractivity contribution in [2.45, 2.75) is 40.5 Å². The highest BCUT2D eigenvalue weighted by atomic mass is 16.1. The number of carbonyl (C=O) groups excluding carboxylic acids is 1. The zero-order chi connectivity index (χ0) is 13.8. The first-order valence-electron chi connectivity index (χ1n) is 6.91. The van der Waals surface area contributed by atoms with Crippen molar-refractivity contribution in [3.63, 3.8) is 0 Å². The highest BCUT2D eigenvalue weighted by molar-refractivity contribution is 5.80. The number of hydrogen-bond donors (Lipinski definition) is 3. The van der Waals surface area contributed by atoms with Gasteiger partial charge in [-0.25, -0.2) is 0 Å². The molecule has 0 rings (SSSR count). The molecule has 5 nitrogen and oxygen atoms in total. The predicted molar refractivity (Wildman–Crippen MR) is 76.7 cm³/mol. The van der Waals surface area contributed by atoms with Gasteiger partial charge in [0.15, 0.2) is 5.96 Å². The lowest BCUT2D eigenvalue weighted by Crippen LogP contribution is -2.42. The average molecular weight is 256 g/mol. The van der Waals surface area contributed by atoms with Gasteiger partial charge in [-0.1, -0.05) is 27.2 Å². The van der Waals surface area contributed by atoms with E-state index in [2.05, 4.69) is 27.9 Å². The van der Waals surface area contributed by atoms with Gasteiger partial charge in [-0.05, 0) is 13.3 Å². The minimum absolute atomic E-state index is 0.0384. The first kappa shape index (κ1) is 16.7. The van der Waals surface area contributed by atoms with Crippen molar-refractivity contribution < 1.29 is 4.79 Å². The van der Waals surface area contributed by atoms with E-state index in [-0.39, 0.29) is 11.8 Å². The van der Waals surface area contributed by atoms with Gasteiger partial charge in [0, 0.05) is 32.1 Å². The molecule has 3 N–H and O–H groups in total. The number of nitrogens with one attached hydrogen (secondary N) is 3. The number of unbranched alkanes of at least 4 members (excludes halogenated alkanes) is 1. The summed E-state index contributed by atoms with van der Waals surface area (Å²) >= 11 is 0. The van der Waals surface area contributed by atoms with Crippen molar-refractivity contribution in [1.29, 1.82) is 0 Å². The fraction of sp³-hybridized carbons (Fsp3) is 0.846. The monoisotopic (exact) mass is 256 g/mol. The molecular weight excluding hydrogens is 228 g/mol. The lowest BCUT2D eigenvalue weighted by molar-refractivity contribution is -0.123. The molecule has 5 heteroatoms. The highest BCUT2D eigenvalue weighted by Crippen LogP contribution is 1.89. The van der Waals surface area contributed by atoms with Crippen molar-refractivity contribution in [3.05, 3.63) is 0 Å². The Labute approximate surface area is 111 Å². The van der Waals surface area contributed by atoms with Crippen LogP contribution in [-0.4, -0.2) is 38.0 Å². The van der Waals surface area contributed by atoms with Crippen molar-refractivity contribution >= 4 is 11.9 Å². The molecule has 0 bridgehead atoms. The summed E-state index contributed by atoms with van der Waals surface area (Å²) < 4.78 is 0. The number of nitrogens with zero attached hydrogens (tertiary/aromatic N) is 1. The Morgan fingerprint density at radius 2 is 1.78 bits per heavy atom. The molecule has 0 aromatic carbocycles. The molecule has 0 saturated heterocycles. The van der Waals surface area contributed by atoms with Crippen LogP contribution in [0.2, 0.25) is 0 Å². The zero-order valence-corrected chi connectivity index (χ0v) is 12.2. The third kappa shape index (κ3) is 8.84. The third-order valence-corrected chi connectivity index (χ3v) is 2.37. The van der Waals surface area contributed by atoms with Gasteiger partial charge in [0.2, 0.25) is 5.91 Å². The van der Waals surface area contributed by atoms with E-state index < -0.39 is 0 Å². The second kappa shape index (κ2) is 10.9. The normalized spacial score (nSPS) is 11.5. The molecule has 0 aromatic rings. The summed E-state index contributed by atoms with van der Waals surface area (Å²) in [5.74, 6) is 0.950. The fourth-order valence-corrected chi connectivity index (χ4v) is 1.26. The summed E-state index contributed by atoms with van der Waals surface area (Å²) in [5.41, 5.74) is 0. The number of amides is 1. The predicted octanol–water partition coefficient (Wildman–Crippen LogP) is 1.11. The van der Waals surface area contributed by atoms with E-state index in [1.54, 1.807) is 0 Å². The van der Waals surface area contributed by atoms with E-state index in [9.17, 15) is 4.79 Å². The van der Waals surface area contributed by atoms with E-state index in [4.69, 9.17) is 0 Å². The van der Waals surface area contributed by atoms with Crippen molar-refractivity contribution in [3.8, 4) is 0 Å². The molecule has 18 heavy (non-hydrogen) atoms. The molecule has 0 radical (unpaired) electrons. The van der Waals surface area contributed by atoms with Gasteiger partial charge in [-0.15, -0.1) is 0 Å². The molecule has 0 heterocycles. The minimum Gasteiger partial charge on any atom is -0.357 e. The van der Waals surface area contributed by atoms with Crippen LogP contribution in [0.1, 0.15) is 40.5 Å². The molecule has 0 atom stereocenters. The van der Waals surface area contributed by atoms with Gasteiger partial charge in [0.05, 0.1) is 0 Å². The summed E-state index contributed by atoms with van der Waals surface area (Å²) in [5, 5.41) is 9.24. The Hall–Kier alpha value is -1.26. The van der Waals surface area contributed by atoms with Crippen LogP contribution in [0.5, 0.6) is 0 Å². The second-order valence-corrected chi connectivity index (χ2v) is 4.49. The van der Waals surface area contributed by atoms with Crippen LogP contribution >= 0.6 is 0 Å². The Morgan fingerprint density at radius 1 is 1.11 bits per heavy atom. The van der Waals surface area contributed by atoms with Gasteiger partial charge >= 0.3 is 0 Å². The maximum Gasteiger partial charge on any atom is 0.222 e. The van der Waals surface area contributed by atoms with Crippen molar-refractivity contribution in [1.82, 2.24) is 16.0 Å². The second-order valence-electron chi connectivity index (χ2n) is 4.49. The van der Waals surface area contributed by atoms with Gasteiger partial charge in [0.25, 0.3) is 0 Å². The lowest BCUT2D eigenvalue weighted by Gasteiger charge is -2.12. The number of guanidine groups is 1. The lowest BCUT2D eigenvalue weighted by atomic mass is 10.2. The van der Waals surface area contributed by atoms with E-state index in [0.717, 1.165) is 31.9 Å². The third-order valence-electron chi connectivity index (χ3n) is 2.37. The Balaban J connectivity index is 3.82. The van der Waals surface area contributed by atoms with Crippen LogP contribution in [0.25, 0.3) is 0 Å². The van der Waals surface area contributed by atoms with Crippen LogP contribution in [0, 0.1) is 5.92 Å². The Kier molecular flexibility index (Phi) is 10.1. The fourth-order valence-electron chi connectivity index (χ4n) is 1.26. The largest absolute Gasteiger partial charge is 0.357 e. The summed E-state index contributed by atoms with van der Waals surface area (Å²) in [6, 6.07) is 0. The molecule has 0 aromatic heterocycles. The van der Waals surface area contributed by atoms with Crippen molar-refractivity contribution in [2.75, 3.05) is 26.2 Å². The Morgan fingerprint density at radius 3 is 2.33 bits per heavy atom. The topological polar surface area (TPSA) is 65.5 Å². The number of hydrogen-bond acceptors (Lipinski definition) is 2. The van der Waals surface area contributed by atoms with Crippen LogP contribution in [0.15, 0.2) is 4.99 Å². The van der Waals surface area contributed by atoms with E-state index in [1.165, 1.54) is 0 Å². The first-order chi connectivity index (χ1) is 8.61. The molecule has 0 fully saturated rings. The highest BCUT2D eigenvalue weighted by Gasteiger charge is 2.04. The molecule has 0 spiro atoms. The number of carbonyl (C=O) groups is 1. The molecule has 0 aliphatic carbocycles. The summed E-state index contributed by atoms with van der Waals surface area (Å²) in [6.45, 7) is 11.0. The molecule has 0 aliphatic heterocycles. The standard InChI is InChI=1S/C13H28N4O/c1-5-7-8-16-13(14-6-2)17-10-9-15-12(18)11(3)4/h11H,5-10H2,1-4H3,(H,15,18)(H2,14,16,17). The molecular formula is C13H28N4O. The number of rotatable bonds is 8.